The number of hydrogen-bond donors (Lipinski definition) is 0. The maximum absolute atomic E-state index is 12.3. The summed E-state index contributed by atoms with van der Waals surface area (Å²) in [5.74, 6) is -0.120. The number of fused-ring (bicyclic) bond motifs is 1. The van der Waals surface area contributed by atoms with E-state index in [9.17, 15) is 9.59 Å². The first-order chi connectivity index (χ1) is 10.1. The maximum atomic E-state index is 12.3. The molecule has 0 bridgehead atoms. The number of aromatic nitrogens is 3. The average molecular weight is 346 g/mol. The molecule has 6 heteroatoms. The number of halogens is 1. The fourth-order valence-electron chi connectivity index (χ4n) is 2.20. The lowest BCUT2D eigenvalue weighted by molar-refractivity contribution is 0.0970. The Morgan fingerprint density at radius 3 is 2.81 bits per heavy atom. The Labute approximate surface area is 129 Å². The summed E-state index contributed by atoms with van der Waals surface area (Å²) < 4.78 is 3.65. The number of carbonyl (C=O) groups is 1. The quantitative estimate of drug-likeness (QED) is 0.685. The molecule has 0 atom stereocenters. The Kier molecular flexibility index (Phi) is 3.47. The second kappa shape index (κ2) is 5.29. The molecule has 0 saturated carbocycles. The summed E-state index contributed by atoms with van der Waals surface area (Å²) in [5, 5.41) is 4.18. The lowest BCUT2D eigenvalue weighted by Gasteiger charge is -2.06. The number of ketones is 1. The van der Waals surface area contributed by atoms with Crippen LogP contribution in [0.2, 0.25) is 0 Å². The summed E-state index contributed by atoms with van der Waals surface area (Å²) in [4.78, 5) is 24.6. The topological polar surface area (TPSA) is 56.4 Å². The third-order valence-corrected chi connectivity index (χ3v) is 3.91. The minimum atomic E-state index is -0.224. The average Bonchev–Trinajstić information content (AvgIpc) is 2.84. The van der Waals surface area contributed by atoms with Crippen LogP contribution >= 0.6 is 15.9 Å². The number of nitrogens with zero attached hydrogens (tertiary/aromatic N) is 3. The van der Waals surface area contributed by atoms with Crippen molar-refractivity contribution in [3.63, 3.8) is 0 Å². The van der Waals surface area contributed by atoms with Crippen LogP contribution in [-0.4, -0.2) is 20.0 Å². The molecular weight excluding hydrogens is 334 g/mol. The van der Waals surface area contributed by atoms with E-state index in [1.165, 1.54) is 9.08 Å². The number of hydrogen-bond acceptors (Lipinski definition) is 3. The smallest absolute Gasteiger partial charge is 0.276 e. The second-order valence-electron chi connectivity index (χ2n) is 4.75. The van der Waals surface area contributed by atoms with Crippen molar-refractivity contribution in [1.82, 2.24) is 14.2 Å². The van der Waals surface area contributed by atoms with Crippen LogP contribution in [0.4, 0.5) is 0 Å². The van der Waals surface area contributed by atoms with Crippen molar-refractivity contribution in [3.8, 4) is 0 Å². The molecule has 0 aliphatic carbocycles. The molecule has 106 valence electrons. The molecule has 0 saturated heterocycles. The van der Waals surface area contributed by atoms with E-state index in [1.54, 1.807) is 36.7 Å². The molecular formula is C15H12BrN3O2. The third-order valence-electron chi connectivity index (χ3n) is 3.21. The van der Waals surface area contributed by atoms with E-state index in [0.29, 0.717) is 11.1 Å². The van der Waals surface area contributed by atoms with Crippen molar-refractivity contribution in [2.24, 2.45) is 0 Å². The van der Waals surface area contributed by atoms with E-state index in [2.05, 4.69) is 21.0 Å². The molecule has 1 aromatic carbocycles. The summed E-state index contributed by atoms with van der Waals surface area (Å²) in [6, 6.07) is 8.89. The van der Waals surface area contributed by atoms with Crippen molar-refractivity contribution in [2.75, 3.05) is 0 Å². The standard InChI is InChI=1S/C15H12BrN3O2/c1-10-8-13-15(21)18(6-7-19(13)17-10)9-14(20)11-4-2-3-5-12(11)16/h2-8H,9H2,1H3. The van der Waals surface area contributed by atoms with E-state index < -0.39 is 0 Å². The molecule has 0 N–H and O–H groups in total. The van der Waals surface area contributed by atoms with Crippen LogP contribution in [0.15, 0.2) is 52.0 Å². The molecule has 0 amide bonds. The molecule has 3 aromatic rings. The highest BCUT2D eigenvalue weighted by Crippen LogP contribution is 2.16. The van der Waals surface area contributed by atoms with Crippen molar-refractivity contribution in [2.45, 2.75) is 13.5 Å². The zero-order chi connectivity index (χ0) is 15.0. The summed E-state index contributed by atoms with van der Waals surface area (Å²) >= 11 is 3.35. The SMILES string of the molecule is Cc1cc2c(=O)n(CC(=O)c3ccccc3Br)ccn2n1. The van der Waals surface area contributed by atoms with Crippen LogP contribution in [0.25, 0.3) is 5.52 Å². The van der Waals surface area contributed by atoms with Gasteiger partial charge >= 0.3 is 0 Å². The fraction of sp³-hybridized carbons (Fsp3) is 0.133. The van der Waals surface area contributed by atoms with Gasteiger partial charge < -0.3 is 4.57 Å². The molecule has 0 aliphatic rings. The van der Waals surface area contributed by atoms with Gasteiger partial charge in [-0.15, -0.1) is 0 Å². The van der Waals surface area contributed by atoms with Gasteiger partial charge in [0.2, 0.25) is 0 Å². The van der Waals surface area contributed by atoms with Gasteiger partial charge in [-0.3, -0.25) is 9.59 Å². The molecule has 0 aliphatic heterocycles. The minimum Gasteiger partial charge on any atom is -0.304 e. The van der Waals surface area contributed by atoms with Gasteiger partial charge in [-0.1, -0.05) is 34.1 Å². The van der Waals surface area contributed by atoms with Gasteiger partial charge in [-0.25, -0.2) is 4.52 Å². The highest BCUT2D eigenvalue weighted by atomic mass is 79.9. The number of aryl methyl sites for hydroxylation is 1. The molecule has 2 aromatic heterocycles. The normalized spacial score (nSPS) is 11.0. The molecule has 0 unspecified atom stereocenters. The van der Waals surface area contributed by atoms with Crippen LogP contribution in [-0.2, 0) is 6.54 Å². The summed E-state index contributed by atoms with van der Waals surface area (Å²) in [6.45, 7) is 1.82. The van der Waals surface area contributed by atoms with E-state index in [-0.39, 0.29) is 17.9 Å². The predicted molar refractivity (Wildman–Crippen MR) is 82.7 cm³/mol. The van der Waals surface area contributed by atoms with Crippen LogP contribution in [0.5, 0.6) is 0 Å². The van der Waals surface area contributed by atoms with Crippen molar-refractivity contribution in [3.05, 3.63) is 68.8 Å². The van der Waals surface area contributed by atoms with Gasteiger partial charge in [0.1, 0.15) is 5.52 Å². The molecule has 5 nitrogen and oxygen atoms in total. The van der Waals surface area contributed by atoms with Crippen LogP contribution in [0.3, 0.4) is 0 Å². The molecule has 0 spiro atoms. The van der Waals surface area contributed by atoms with Crippen molar-refractivity contribution >= 4 is 27.2 Å². The Hall–Kier alpha value is -2.21. The Bertz CT molecular complexity index is 895. The first kappa shape index (κ1) is 13.8. The third kappa shape index (κ3) is 2.54. The minimum absolute atomic E-state index is 0.00216. The molecule has 3 rings (SSSR count). The highest BCUT2D eigenvalue weighted by molar-refractivity contribution is 9.10. The molecule has 2 heterocycles. The predicted octanol–water partition coefficient (Wildman–Crippen LogP) is 2.45. The van der Waals surface area contributed by atoms with E-state index in [1.807, 2.05) is 13.0 Å². The lowest BCUT2D eigenvalue weighted by Crippen LogP contribution is -2.25. The number of rotatable bonds is 3. The summed E-state index contributed by atoms with van der Waals surface area (Å²) in [5.41, 5.74) is 1.57. The van der Waals surface area contributed by atoms with Gasteiger partial charge in [0, 0.05) is 22.4 Å². The van der Waals surface area contributed by atoms with E-state index >= 15 is 0 Å². The van der Waals surface area contributed by atoms with Crippen molar-refractivity contribution in [1.29, 1.82) is 0 Å². The summed E-state index contributed by atoms with van der Waals surface area (Å²) in [6.07, 6.45) is 3.26. The van der Waals surface area contributed by atoms with Gasteiger partial charge in [0.25, 0.3) is 5.56 Å². The monoisotopic (exact) mass is 345 g/mol. The first-order valence-corrected chi connectivity index (χ1v) is 7.19. The number of Topliss-reactive ketones (excluding diaryl/α,β-unsaturated/α-hetero) is 1. The molecule has 21 heavy (non-hydrogen) atoms. The number of carbonyl (C=O) groups excluding carboxylic acids is 1. The fourth-order valence-corrected chi connectivity index (χ4v) is 2.71. The number of benzene rings is 1. The highest BCUT2D eigenvalue weighted by Gasteiger charge is 2.12. The van der Waals surface area contributed by atoms with E-state index in [0.717, 1.165) is 10.2 Å². The lowest BCUT2D eigenvalue weighted by atomic mass is 10.1. The Morgan fingerprint density at radius 1 is 1.29 bits per heavy atom. The van der Waals surface area contributed by atoms with Crippen LogP contribution in [0, 0.1) is 6.92 Å². The largest absolute Gasteiger partial charge is 0.304 e. The molecule has 0 radical (unpaired) electrons. The Balaban J connectivity index is 1.99. The Morgan fingerprint density at radius 2 is 2.05 bits per heavy atom. The second-order valence-corrected chi connectivity index (χ2v) is 5.60. The van der Waals surface area contributed by atoms with Crippen LogP contribution in [0.1, 0.15) is 16.1 Å². The zero-order valence-corrected chi connectivity index (χ0v) is 12.9. The van der Waals surface area contributed by atoms with E-state index in [4.69, 9.17) is 0 Å². The molecule has 0 fully saturated rings. The van der Waals surface area contributed by atoms with Crippen LogP contribution < -0.4 is 5.56 Å². The van der Waals surface area contributed by atoms with Crippen molar-refractivity contribution < 1.29 is 4.79 Å². The zero-order valence-electron chi connectivity index (χ0n) is 11.3. The van der Waals surface area contributed by atoms with Gasteiger partial charge in [-0.05, 0) is 19.1 Å². The van der Waals surface area contributed by atoms with Gasteiger partial charge in [0.15, 0.2) is 5.78 Å². The van der Waals surface area contributed by atoms with Gasteiger partial charge in [0.05, 0.1) is 12.2 Å². The first-order valence-electron chi connectivity index (χ1n) is 6.39. The van der Waals surface area contributed by atoms with Gasteiger partial charge in [-0.2, -0.15) is 5.10 Å². The summed E-state index contributed by atoms with van der Waals surface area (Å²) in [7, 11) is 0. The maximum Gasteiger partial charge on any atom is 0.276 e.